The summed E-state index contributed by atoms with van der Waals surface area (Å²) in [5.74, 6) is -1.35. The molecule has 0 bridgehead atoms. The number of carboxylic acid groups (broad SMARTS) is 1. The first-order chi connectivity index (χ1) is 21.2. The largest absolute Gasteiger partial charge is 0.480 e. The van der Waals surface area contributed by atoms with E-state index in [1.807, 2.05) is 36.4 Å². The fraction of sp³-hybridized carbons (Fsp3) is 0.344. The van der Waals surface area contributed by atoms with Crippen LogP contribution < -0.4 is 21.6 Å². The first-order valence-corrected chi connectivity index (χ1v) is 15.5. The molecule has 3 amide bonds. The number of benzene rings is 2. The molecule has 0 spiro atoms. The maximum absolute atomic E-state index is 12.8. The van der Waals surface area contributed by atoms with Crippen molar-refractivity contribution in [2.45, 2.75) is 50.8 Å². The maximum Gasteiger partial charge on any atom is 0.340 e. The highest BCUT2D eigenvalue weighted by Crippen LogP contribution is 2.35. The van der Waals surface area contributed by atoms with Crippen LogP contribution in [0.15, 0.2) is 56.1 Å². The van der Waals surface area contributed by atoms with Crippen molar-refractivity contribution in [1.82, 2.24) is 16.0 Å². The predicted molar refractivity (Wildman–Crippen MR) is 166 cm³/mol. The Kier molecular flexibility index (Phi) is 9.69. The van der Waals surface area contributed by atoms with E-state index in [1.165, 1.54) is 17.3 Å². The number of rotatable bonds is 12. The number of hydrogen-bond donors (Lipinski definition) is 4. The van der Waals surface area contributed by atoms with Crippen LogP contribution >= 0.6 is 11.8 Å². The summed E-state index contributed by atoms with van der Waals surface area (Å²) in [6, 6.07) is 12.1. The van der Waals surface area contributed by atoms with Crippen molar-refractivity contribution in [2.24, 2.45) is 0 Å². The van der Waals surface area contributed by atoms with Gasteiger partial charge in [0.05, 0.1) is 25.1 Å². The number of fused-ring (bicyclic) bond motifs is 4. The van der Waals surface area contributed by atoms with Gasteiger partial charge in [0.2, 0.25) is 17.7 Å². The van der Waals surface area contributed by atoms with E-state index in [0.717, 1.165) is 47.8 Å². The molecule has 0 unspecified atom stereocenters. The molecule has 1 aliphatic carbocycles. The van der Waals surface area contributed by atoms with Crippen LogP contribution in [0.4, 0.5) is 0 Å². The summed E-state index contributed by atoms with van der Waals surface area (Å²) in [4.78, 5) is 61.5. The van der Waals surface area contributed by atoms with Gasteiger partial charge in [-0.25, -0.2) is 9.59 Å². The Morgan fingerprint density at radius 2 is 1.61 bits per heavy atom. The van der Waals surface area contributed by atoms with Gasteiger partial charge in [-0.1, -0.05) is 30.3 Å². The summed E-state index contributed by atoms with van der Waals surface area (Å²) < 4.78 is 11.5. The molecule has 0 aliphatic heterocycles. The molecular weight excluding hydrogens is 586 g/mol. The van der Waals surface area contributed by atoms with Crippen molar-refractivity contribution in [3.63, 3.8) is 0 Å². The smallest absolute Gasteiger partial charge is 0.340 e. The number of amides is 3. The van der Waals surface area contributed by atoms with Gasteiger partial charge in [-0.3, -0.25) is 14.4 Å². The van der Waals surface area contributed by atoms with Crippen LogP contribution in [-0.2, 0) is 44.2 Å². The number of carbonyl (C=O) groups is 4. The Morgan fingerprint density at radius 1 is 0.909 bits per heavy atom. The lowest BCUT2D eigenvalue weighted by molar-refractivity contribution is -0.141. The van der Waals surface area contributed by atoms with E-state index in [-0.39, 0.29) is 17.7 Å². The number of hydrogen-bond acceptors (Lipinski definition) is 8. The molecule has 12 heteroatoms. The average molecular weight is 620 g/mol. The third-order valence-electron chi connectivity index (χ3n) is 7.62. The number of thioether (sulfide) groups is 1. The summed E-state index contributed by atoms with van der Waals surface area (Å²) in [5, 5.41) is 18.4. The fourth-order valence-electron chi connectivity index (χ4n) is 5.28. The molecule has 0 saturated heterocycles. The first kappa shape index (κ1) is 30.9. The molecule has 230 valence electrons. The van der Waals surface area contributed by atoms with Gasteiger partial charge in [-0.15, -0.1) is 0 Å². The average Bonchev–Trinajstić information content (AvgIpc) is 3.37. The summed E-state index contributed by atoms with van der Waals surface area (Å²) in [7, 11) is 0. The molecule has 4 N–H and O–H groups in total. The monoisotopic (exact) mass is 619 g/mol. The molecular formula is C32H33N3O8S. The van der Waals surface area contributed by atoms with E-state index in [0.29, 0.717) is 22.5 Å². The van der Waals surface area contributed by atoms with Crippen molar-refractivity contribution in [1.29, 1.82) is 0 Å². The lowest BCUT2D eigenvalue weighted by Gasteiger charge is -2.15. The van der Waals surface area contributed by atoms with Crippen molar-refractivity contribution in [2.75, 3.05) is 18.8 Å². The van der Waals surface area contributed by atoms with E-state index in [4.69, 9.17) is 8.83 Å². The van der Waals surface area contributed by atoms with Crippen LogP contribution in [0.25, 0.3) is 21.9 Å². The molecule has 2 heterocycles. The Balaban J connectivity index is 1.11. The first-order valence-electron chi connectivity index (χ1n) is 14.4. The van der Waals surface area contributed by atoms with E-state index < -0.39 is 48.4 Å². The lowest BCUT2D eigenvalue weighted by Crippen LogP contribution is -2.48. The second-order valence-electron chi connectivity index (χ2n) is 10.7. The minimum absolute atomic E-state index is 0.150. The molecule has 44 heavy (non-hydrogen) atoms. The van der Waals surface area contributed by atoms with Gasteiger partial charge in [0, 0.05) is 40.3 Å². The predicted octanol–water partition coefficient (Wildman–Crippen LogP) is 3.00. The fourth-order valence-corrected chi connectivity index (χ4v) is 6.29. The van der Waals surface area contributed by atoms with Crippen LogP contribution in [-0.4, -0.2) is 53.7 Å². The van der Waals surface area contributed by atoms with Crippen LogP contribution in [0.3, 0.4) is 0 Å². The Labute approximate surface area is 256 Å². The summed E-state index contributed by atoms with van der Waals surface area (Å²) in [6.45, 7) is 0.874. The zero-order chi connectivity index (χ0) is 31.2. The molecule has 0 radical (unpaired) electrons. The third kappa shape index (κ3) is 7.31. The second kappa shape index (κ2) is 13.8. The summed E-state index contributed by atoms with van der Waals surface area (Å²) in [6.07, 6.45) is 3.68. The molecule has 0 fully saturated rings. The number of aryl methyl sites for hydroxylation is 3. The zero-order valence-corrected chi connectivity index (χ0v) is 25.0. The Hall–Kier alpha value is -4.58. The molecule has 1 aliphatic rings. The van der Waals surface area contributed by atoms with E-state index in [1.54, 1.807) is 13.0 Å². The van der Waals surface area contributed by atoms with Crippen molar-refractivity contribution >= 4 is 57.4 Å². The van der Waals surface area contributed by atoms with Gasteiger partial charge in [0.15, 0.2) is 0 Å². The number of carbonyl (C=O) groups excluding carboxylic acids is 3. The second-order valence-corrected chi connectivity index (χ2v) is 11.8. The van der Waals surface area contributed by atoms with Gasteiger partial charge >= 0.3 is 11.6 Å². The van der Waals surface area contributed by atoms with Crippen molar-refractivity contribution in [3.8, 4) is 0 Å². The molecule has 2 aromatic carbocycles. The quantitative estimate of drug-likeness (QED) is 0.174. The van der Waals surface area contributed by atoms with E-state index >= 15 is 0 Å². The van der Waals surface area contributed by atoms with Gasteiger partial charge in [-0.05, 0) is 43.4 Å². The van der Waals surface area contributed by atoms with Gasteiger partial charge < -0.3 is 29.9 Å². The molecule has 1 atom stereocenters. The Morgan fingerprint density at radius 3 is 2.39 bits per heavy atom. The minimum atomic E-state index is -1.18. The highest BCUT2D eigenvalue weighted by molar-refractivity contribution is 7.98. The van der Waals surface area contributed by atoms with Gasteiger partial charge in [0.25, 0.3) is 0 Å². The zero-order valence-electron chi connectivity index (χ0n) is 24.2. The van der Waals surface area contributed by atoms with Crippen LogP contribution in [0, 0.1) is 6.92 Å². The molecule has 11 nitrogen and oxygen atoms in total. The maximum atomic E-state index is 12.8. The molecule has 2 aromatic heterocycles. The molecule has 4 aromatic rings. The topological polar surface area (TPSA) is 168 Å². The molecule has 0 saturated carbocycles. The van der Waals surface area contributed by atoms with Crippen LogP contribution in [0.1, 0.15) is 40.9 Å². The van der Waals surface area contributed by atoms with Crippen molar-refractivity contribution < 1.29 is 33.1 Å². The number of aliphatic carboxylic acids is 1. The highest BCUT2D eigenvalue weighted by atomic mass is 32.2. The number of nitrogens with one attached hydrogen (secondary N) is 3. The number of furan rings is 1. The van der Waals surface area contributed by atoms with E-state index in [9.17, 15) is 29.1 Å². The van der Waals surface area contributed by atoms with Crippen molar-refractivity contribution in [3.05, 3.63) is 80.9 Å². The summed E-state index contributed by atoms with van der Waals surface area (Å²) >= 11 is 1.37. The standard InChI is InChI=1S/C32H33N3O8S/c1-18-21-11-23-20-9-5-6-10-25(20)42-27(23)13-26(21)43-32(41)22(18)12-28(36)33-14-29(37)34-15-30(38)35-24(31(39)40)17-44-16-19-7-3-2-4-8-19/h2-4,7-8,11,13,24H,5-6,9-10,12,14-17H2,1H3,(H,33,36)(H,34,37)(H,35,38)(H,39,40)/t24-/m1/s1. The minimum Gasteiger partial charge on any atom is -0.480 e. The normalized spacial score (nSPS) is 13.3. The highest BCUT2D eigenvalue weighted by Gasteiger charge is 2.22. The lowest BCUT2D eigenvalue weighted by atomic mass is 9.94. The van der Waals surface area contributed by atoms with Crippen LogP contribution in [0.2, 0.25) is 0 Å². The van der Waals surface area contributed by atoms with Crippen LogP contribution in [0.5, 0.6) is 0 Å². The Bertz CT molecular complexity index is 1780. The summed E-state index contributed by atoms with van der Waals surface area (Å²) in [5.41, 5.74) is 3.44. The van der Waals surface area contributed by atoms with Gasteiger partial charge in [-0.2, -0.15) is 11.8 Å². The SMILES string of the molecule is Cc1c(CC(=O)NCC(=O)NCC(=O)N[C@H](CSCc2ccccc2)C(=O)O)c(=O)oc2cc3oc4c(c3cc12)CCCC4. The molecule has 5 rings (SSSR count). The van der Waals surface area contributed by atoms with Gasteiger partial charge in [0.1, 0.15) is 23.0 Å². The third-order valence-corrected chi connectivity index (χ3v) is 8.73. The number of carboxylic acids is 1. The van der Waals surface area contributed by atoms with E-state index in [2.05, 4.69) is 16.0 Å².